The zero-order valence-corrected chi connectivity index (χ0v) is 18.9. The molecule has 1 aromatic rings. The van der Waals surface area contributed by atoms with Crippen LogP contribution in [0, 0.1) is 0 Å². The topological polar surface area (TPSA) is 53.1 Å². The molecule has 0 aromatic carbocycles. The highest BCUT2D eigenvalue weighted by Gasteiger charge is 1.98. The van der Waals surface area contributed by atoms with E-state index in [1.54, 1.807) is 0 Å². The lowest BCUT2D eigenvalue weighted by Gasteiger charge is -2.04. The van der Waals surface area contributed by atoms with E-state index in [2.05, 4.69) is 17.1 Å². The zero-order chi connectivity index (χ0) is 20.8. The number of aliphatic carboxylic acids is 1. The standard InChI is InChI=1S/C26H47NO2/c28-26(29)23-19-17-15-13-11-9-7-5-3-1-2-4-6-8-10-12-14-16-18-21-25-22-20-24-27-25/h20,22,24,27H,1-19,21,23H2,(H,28,29). The van der Waals surface area contributed by atoms with Crippen molar-refractivity contribution in [3.05, 3.63) is 24.0 Å². The molecule has 0 aliphatic carbocycles. The van der Waals surface area contributed by atoms with Crippen LogP contribution in [0.25, 0.3) is 0 Å². The van der Waals surface area contributed by atoms with Crippen LogP contribution >= 0.6 is 0 Å². The number of hydrogen-bond donors (Lipinski definition) is 2. The van der Waals surface area contributed by atoms with E-state index in [4.69, 9.17) is 5.11 Å². The summed E-state index contributed by atoms with van der Waals surface area (Å²) in [6, 6.07) is 4.28. The van der Waals surface area contributed by atoms with E-state index in [0.717, 1.165) is 12.8 Å². The van der Waals surface area contributed by atoms with Gasteiger partial charge >= 0.3 is 5.97 Å². The van der Waals surface area contributed by atoms with Gasteiger partial charge in [0.05, 0.1) is 0 Å². The van der Waals surface area contributed by atoms with Crippen LogP contribution in [-0.4, -0.2) is 16.1 Å². The number of nitrogens with one attached hydrogen (secondary N) is 1. The van der Waals surface area contributed by atoms with E-state index >= 15 is 0 Å². The summed E-state index contributed by atoms with van der Waals surface area (Å²) in [7, 11) is 0. The van der Waals surface area contributed by atoms with E-state index in [9.17, 15) is 4.79 Å². The summed E-state index contributed by atoms with van der Waals surface area (Å²) in [5.41, 5.74) is 1.38. The third kappa shape index (κ3) is 18.5. The molecule has 0 bridgehead atoms. The van der Waals surface area contributed by atoms with Gasteiger partial charge in [-0.1, -0.05) is 109 Å². The Bertz CT molecular complexity index is 455. The van der Waals surface area contributed by atoms with Crippen LogP contribution in [0.15, 0.2) is 18.3 Å². The van der Waals surface area contributed by atoms with Crippen LogP contribution in [0.3, 0.4) is 0 Å². The van der Waals surface area contributed by atoms with Gasteiger partial charge in [0.15, 0.2) is 0 Å². The molecule has 1 heterocycles. The SMILES string of the molecule is O=C(O)CCCCCCCCCCCCCCCCCCCCCc1ccc[nH]1. The minimum Gasteiger partial charge on any atom is -0.481 e. The molecule has 1 aromatic heterocycles. The minimum absolute atomic E-state index is 0.342. The van der Waals surface area contributed by atoms with Crippen molar-refractivity contribution in [3.8, 4) is 0 Å². The van der Waals surface area contributed by atoms with Crippen LogP contribution in [0.2, 0.25) is 0 Å². The monoisotopic (exact) mass is 405 g/mol. The summed E-state index contributed by atoms with van der Waals surface area (Å²) >= 11 is 0. The first kappa shape index (κ1) is 25.8. The average molecular weight is 406 g/mol. The van der Waals surface area contributed by atoms with Crippen LogP contribution in [0.4, 0.5) is 0 Å². The van der Waals surface area contributed by atoms with E-state index in [1.807, 2.05) is 6.20 Å². The molecule has 0 spiro atoms. The number of unbranched alkanes of at least 4 members (excludes halogenated alkanes) is 18. The van der Waals surface area contributed by atoms with Crippen molar-refractivity contribution >= 4 is 5.97 Å². The molecule has 0 amide bonds. The number of hydrogen-bond acceptors (Lipinski definition) is 1. The maximum Gasteiger partial charge on any atom is 0.303 e. The summed E-state index contributed by atoms with van der Waals surface area (Å²) in [6.45, 7) is 0. The van der Waals surface area contributed by atoms with Crippen molar-refractivity contribution in [2.45, 2.75) is 135 Å². The second-order valence-electron chi connectivity index (χ2n) is 8.81. The molecule has 0 unspecified atom stereocenters. The van der Waals surface area contributed by atoms with Crippen molar-refractivity contribution < 1.29 is 9.90 Å². The smallest absolute Gasteiger partial charge is 0.303 e. The molecule has 0 saturated carbocycles. The second kappa shape index (κ2) is 20.0. The Labute approximate surface area is 180 Å². The van der Waals surface area contributed by atoms with Gasteiger partial charge in [-0.3, -0.25) is 4.79 Å². The zero-order valence-electron chi connectivity index (χ0n) is 18.9. The second-order valence-corrected chi connectivity index (χ2v) is 8.81. The summed E-state index contributed by atoms with van der Waals surface area (Å²) in [5, 5.41) is 8.59. The molecular formula is C26H47NO2. The molecular weight excluding hydrogens is 358 g/mol. The van der Waals surface area contributed by atoms with Gasteiger partial charge in [0.1, 0.15) is 0 Å². The summed E-state index contributed by atoms with van der Waals surface area (Å²) in [4.78, 5) is 13.7. The number of aryl methyl sites for hydroxylation is 1. The number of H-pyrrole nitrogens is 1. The van der Waals surface area contributed by atoms with E-state index in [1.165, 1.54) is 121 Å². The molecule has 2 N–H and O–H groups in total. The number of carbonyl (C=O) groups is 1. The minimum atomic E-state index is -0.653. The molecule has 0 radical (unpaired) electrons. The van der Waals surface area contributed by atoms with E-state index in [-0.39, 0.29) is 0 Å². The normalized spacial score (nSPS) is 11.2. The number of rotatable bonds is 22. The lowest BCUT2D eigenvalue weighted by atomic mass is 10.0. The molecule has 0 aliphatic rings. The van der Waals surface area contributed by atoms with Gasteiger partial charge in [0, 0.05) is 18.3 Å². The Morgan fingerprint density at radius 2 is 1.00 bits per heavy atom. The maximum absolute atomic E-state index is 10.4. The lowest BCUT2D eigenvalue weighted by molar-refractivity contribution is -0.137. The average Bonchev–Trinajstić information content (AvgIpc) is 3.22. The maximum atomic E-state index is 10.4. The summed E-state index contributed by atoms with van der Waals surface area (Å²) in [6.07, 6.45) is 29.0. The molecule has 0 aliphatic heterocycles. The molecule has 0 atom stereocenters. The fourth-order valence-electron chi connectivity index (χ4n) is 4.12. The quantitative estimate of drug-likeness (QED) is 0.190. The third-order valence-electron chi connectivity index (χ3n) is 6.00. The van der Waals surface area contributed by atoms with Gasteiger partial charge in [-0.15, -0.1) is 0 Å². The van der Waals surface area contributed by atoms with Gasteiger partial charge in [-0.25, -0.2) is 0 Å². The molecule has 3 heteroatoms. The van der Waals surface area contributed by atoms with Crippen molar-refractivity contribution in [1.82, 2.24) is 4.98 Å². The highest BCUT2D eigenvalue weighted by Crippen LogP contribution is 2.15. The summed E-state index contributed by atoms with van der Waals surface area (Å²) in [5.74, 6) is -0.653. The molecule has 29 heavy (non-hydrogen) atoms. The van der Waals surface area contributed by atoms with Crippen LogP contribution in [0.1, 0.15) is 134 Å². The number of aromatic amines is 1. The fraction of sp³-hybridized carbons (Fsp3) is 0.808. The number of aromatic nitrogens is 1. The lowest BCUT2D eigenvalue weighted by Crippen LogP contribution is -1.93. The Morgan fingerprint density at radius 3 is 1.34 bits per heavy atom. The highest BCUT2D eigenvalue weighted by atomic mass is 16.4. The predicted octanol–water partition coefficient (Wildman–Crippen LogP) is 8.44. The summed E-state index contributed by atoms with van der Waals surface area (Å²) < 4.78 is 0. The van der Waals surface area contributed by atoms with E-state index < -0.39 is 5.97 Å². The van der Waals surface area contributed by atoms with Gasteiger partial charge < -0.3 is 10.1 Å². The molecule has 1 rings (SSSR count). The van der Waals surface area contributed by atoms with Crippen LogP contribution in [0.5, 0.6) is 0 Å². The van der Waals surface area contributed by atoms with Crippen LogP contribution in [-0.2, 0) is 11.2 Å². The van der Waals surface area contributed by atoms with Crippen LogP contribution < -0.4 is 0 Å². The Balaban J connectivity index is 1.64. The first-order valence-corrected chi connectivity index (χ1v) is 12.6. The Morgan fingerprint density at radius 1 is 0.621 bits per heavy atom. The first-order valence-electron chi connectivity index (χ1n) is 12.6. The third-order valence-corrected chi connectivity index (χ3v) is 6.00. The van der Waals surface area contributed by atoms with Crippen molar-refractivity contribution in [2.24, 2.45) is 0 Å². The Hall–Kier alpha value is -1.25. The Kier molecular flexibility index (Phi) is 17.8. The number of carboxylic acids is 1. The predicted molar refractivity (Wildman–Crippen MR) is 124 cm³/mol. The van der Waals surface area contributed by atoms with Gasteiger partial charge in [-0.2, -0.15) is 0 Å². The van der Waals surface area contributed by atoms with E-state index in [0.29, 0.717) is 6.42 Å². The van der Waals surface area contributed by atoms with Gasteiger partial charge in [0.2, 0.25) is 0 Å². The molecule has 0 saturated heterocycles. The largest absolute Gasteiger partial charge is 0.481 e. The van der Waals surface area contributed by atoms with Gasteiger partial charge in [0.25, 0.3) is 0 Å². The molecule has 3 nitrogen and oxygen atoms in total. The van der Waals surface area contributed by atoms with Crippen molar-refractivity contribution in [3.63, 3.8) is 0 Å². The fourth-order valence-corrected chi connectivity index (χ4v) is 4.12. The van der Waals surface area contributed by atoms with Crippen molar-refractivity contribution in [1.29, 1.82) is 0 Å². The molecule has 168 valence electrons. The first-order chi connectivity index (χ1) is 14.3. The van der Waals surface area contributed by atoms with Crippen molar-refractivity contribution in [2.75, 3.05) is 0 Å². The highest BCUT2D eigenvalue weighted by molar-refractivity contribution is 5.66. The molecule has 0 fully saturated rings. The number of carboxylic acid groups (broad SMARTS) is 1. The van der Waals surface area contributed by atoms with Gasteiger partial charge in [-0.05, 0) is 31.4 Å².